The highest BCUT2D eigenvalue weighted by Crippen LogP contribution is 2.22. The zero-order valence-corrected chi connectivity index (χ0v) is 13.4. The largest absolute Gasteiger partial charge is 0.343 e. The molecule has 0 saturated carbocycles. The SMILES string of the molecule is O=C(CNC(=O)c1ccc(Cl)c(Cl)c1)NN=Cc1ccccc1. The Morgan fingerprint density at radius 3 is 2.48 bits per heavy atom. The number of benzene rings is 2. The lowest BCUT2D eigenvalue weighted by Crippen LogP contribution is -2.34. The van der Waals surface area contributed by atoms with Gasteiger partial charge in [-0.25, -0.2) is 5.43 Å². The highest BCUT2D eigenvalue weighted by atomic mass is 35.5. The standard InChI is InChI=1S/C16H13Cl2N3O2/c17-13-7-6-12(8-14(13)18)16(23)19-10-15(22)21-20-9-11-4-2-1-3-5-11/h1-9H,10H2,(H,19,23)(H,21,22). The smallest absolute Gasteiger partial charge is 0.259 e. The molecule has 0 bridgehead atoms. The minimum absolute atomic E-state index is 0.203. The summed E-state index contributed by atoms with van der Waals surface area (Å²) >= 11 is 11.6. The maximum atomic E-state index is 11.9. The molecule has 0 aromatic heterocycles. The minimum atomic E-state index is -0.439. The van der Waals surface area contributed by atoms with Gasteiger partial charge in [-0.15, -0.1) is 0 Å². The number of hydrogen-bond acceptors (Lipinski definition) is 3. The second kappa shape index (κ2) is 8.31. The molecule has 118 valence electrons. The Kier molecular flexibility index (Phi) is 6.14. The molecule has 23 heavy (non-hydrogen) atoms. The van der Waals surface area contributed by atoms with E-state index in [4.69, 9.17) is 23.2 Å². The molecule has 0 atom stereocenters. The summed E-state index contributed by atoms with van der Waals surface area (Å²) in [6.07, 6.45) is 1.51. The Morgan fingerprint density at radius 1 is 1.04 bits per heavy atom. The fraction of sp³-hybridized carbons (Fsp3) is 0.0625. The average Bonchev–Trinajstić information content (AvgIpc) is 2.56. The van der Waals surface area contributed by atoms with E-state index < -0.39 is 11.8 Å². The topological polar surface area (TPSA) is 70.6 Å². The molecule has 5 nitrogen and oxygen atoms in total. The van der Waals surface area contributed by atoms with Crippen molar-refractivity contribution in [2.75, 3.05) is 6.54 Å². The van der Waals surface area contributed by atoms with E-state index in [1.165, 1.54) is 24.4 Å². The lowest BCUT2D eigenvalue weighted by molar-refractivity contribution is -0.120. The van der Waals surface area contributed by atoms with Crippen molar-refractivity contribution >= 4 is 41.2 Å². The molecule has 0 heterocycles. The van der Waals surface area contributed by atoms with Crippen LogP contribution in [0.25, 0.3) is 0 Å². The quantitative estimate of drug-likeness (QED) is 0.643. The van der Waals surface area contributed by atoms with Gasteiger partial charge in [0, 0.05) is 5.56 Å². The highest BCUT2D eigenvalue weighted by molar-refractivity contribution is 6.42. The summed E-state index contributed by atoms with van der Waals surface area (Å²) in [5.74, 6) is -0.864. The van der Waals surface area contributed by atoms with Gasteiger partial charge in [0.25, 0.3) is 11.8 Å². The maximum absolute atomic E-state index is 11.9. The van der Waals surface area contributed by atoms with Crippen LogP contribution < -0.4 is 10.7 Å². The third kappa shape index (κ3) is 5.39. The molecule has 0 radical (unpaired) electrons. The van der Waals surface area contributed by atoms with E-state index in [2.05, 4.69) is 15.8 Å². The molecule has 0 fully saturated rings. The lowest BCUT2D eigenvalue weighted by Gasteiger charge is -2.05. The van der Waals surface area contributed by atoms with Gasteiger partial charge in [-0.05, 0) is 23.8 Å². The number of carbonyl (C=O) groups excluding carboxylic acids is 2. The molecule has 2 amide bonds. The number of carbonyl (C=O) groups is 2. The fourth-order valence-electron chi connectivity index (χ4n) is 1.66. The van der Waals surface area contributed by atoms with E-state index in [1.807, 2.05) is 30.3 Å². The molecule has 0 spiro atoms. The van der Waals surface area contributed by atoms with Crippen molar-refractivity contribution in [3.05, 3.63) is 69.7 Å². The molecule has 0 aliphatic rings. The number of hydrazone groups is 1. The Labute approximate surface area is 143 Å². The normalized spacial score (nSPS) is 10.5. The molecular weight excluding hydrogens is 337 g/mol. The summed E-state index contributed by atoms with van der Waals surface area (Å²) in [6.45, 7) is -0.203. The van der Waals surface area contributed by atoms with Gasteiger partial charge in [0.05, 0.1) is 22.8 Å². The zero-order chi connectivity index (χ0) is 16.7. The minimum Gasteiger partial charge on any atom is -0.343 e. The molecule has 2 rings (SSSR count). The van der Waals surface area contributed by atoms with E-state index in [9.17, 15) is 9.59 Å². The number of hydrogen-bond donors (Lipinski definition) is 2. The van der Waals surface area contributed by atoms with Crippen molar-refractivity contribution in [3.63, 3.8) is 0 Å². The van der Waals surface area contributed by atoms with Crippen LogP contribution in [-0.2, 0) is 4.79 Å². The zero-order valence-electron chi connectivity index (χ0n) is 11.9. The summed E-state index contributed by atoms with van der Waals surface area (Å²) in [4.78, 5) is 23.5. The molecule has 2 N–H and O–H groups in total. The first-order chi connectivity index (χ1) is 11.1. The van der Waals surface area contributed by atoms with Gasteiger partial charge in [0.1, 0.15) is 0 Å². The van der Waals surface area contributed by atoms with Crippen LogP contribution in [0.5, 0.6) is 0 Å². The Hall–Kier alpha value is -2.37. The number of amides is 2. The van der Waals surface area contributed by atoms with E-state index >= 15 is 0 Å². The third-order valence-corrected chi connectivity index (χ3v) is 3.53. The van der Waals surface area contributed by atoms with Crippen LogP contribution in [0.15, 0.2) is 53.6 Å². The molecule has 7 heteroatoms. The van der Waals surface area contributed by atoms with Crippen molar-refractivity contribution in [3.8, 4) is 0 Å². The van der Waals surface area contributed by atoms with Crippen LogP contribution in [-0.4, -0.2) is 24.6 Å². The molecule has 2 aromatic rings. The van der Waals surface area contributed by atoms with E-state index in [0.29, 0.717) is 10.6 Å². The Bertz CT molecular complexity index is 733. The van der Waals surface area contributed by atoms with Gasteiger partial charge in [-0.3, -0.25) is 9.59 Å². The second-order valence-corrected chi connectivity index (χ2v) is 5.33. The van der Waals surface area contributed by atoms with Crippen molar-refractivity contribution in [1.82, 2.24) is 10.7 Å². The number of nitrogens with one attached hydrogen (secondary N) is 2. The lowest BCUT2D eigenvalue weighted by atomic mass is 10.2. The maximum Gasteiger partial charge on any atom is 0.259 e. The molecule has 0 unspecified atom stereocenters. The molecular formula is C16H13Cl2N3O2. The number of rotatable bonds is 5. The fourth-order valence-corrected chi connectivity index (χ4v) is 1.96. The van der Waals surface area contributed by atoms with Crippen LogP contribution in [0.2, 0.25) is 10.0 Å². The van der Waals surface area contributed by atoms with Gasteiger partial charge >= 0.3 is 0 Å². The van der Waals surface area contributed by atoms with Gasteiger partial charge in [-0.1, -0.05) is 53.5 Å². The van der Waals surface area contributed by atoms with Crippen LogP contribution in [0, 0.1) is 0 Å². The van der Waals surface area contributed by atoms with Crippen molar-refractivity contribution < 1.29 is 9.59 Å². The van der Waals surface area contributed by atoms with E-state index in [-0.39, 0.29) is 11.6 Å². The third-order valence-electron chi connectivity index (χ3n) is 2.79. The monoisotopic (exact) mass is 349 g/mol. The van der Waals surface area contributed by atoms with Gasteiger partial charge in [-0.2, -0.15) is 5.10 Å². The van der Waals surface area contributed by atoms with Crippen LogP contribution >= 0.6 is 23.2 Å². The molecule has 0 saturated heterocycles. The summed E-state index contributed by atoms with van der Waals surface area (Å²) in [5.41, 5.74) is 3.50. The predicted octanol–water partition coefficient (Wildman–Crippen LogP) is 2.87. The molecule has 2 aromatic carbocycles. The first-order valence-corrected chi connectivity index (χ1v) is 7.42. The first-order valence-electron chi connectivity index (χ1n) is 6.66. The van der Waals surface area contributed by atoms with Crippen LogP contribution in [0.1, 0.15) is 15.9 Å². The summed E-state index contributed by atoms with van der Waals surface area (Å²) in [7, 11) is 0. The average molecular weight is 350 g/mol. The van der Waals surface area contributed by atoms with Crippen LogP contribution in [0.3, 0.4) is 0 Å². The van der Waals surface area contributed by atoms with E-state index in [0.717, 1.165) is 5.56 Å². The van der Waals surface area contributed by atoms with Gasteiger partial charge in [0.15, 0.2) is 0 Å². The van der Waals surface area contributed by atoms with Crippen molar-refractivity contribution in [1.29, 1.82) is 0 Å². The predicted molar refractivity (Wildman–Crippen MR) is 91.0 cm³/mol. The Balaban J connectivity index is 1.80. The van der Waals surface area contributed by atoms with Crippen molar-refractivity contribution in [2.24, 2.45) is 5.10 Å². The first kappa shape index (κ1) is 17.0. The number of halogens is 2. The number of nitrogens with zero attached hydrogens (tertiary/aromatic N) is 1. The summed E-state index contributed by atoms with van der Waals surface area (Å²) < 4.78 is 0. The van der Waals surface area contributed by atoms with Crippen LogP contribution in [0.4, 0.5) is 0 Å². The van der Waals surface area contributed by atoms with E-state index in [1.54, 1.807) is 0 Å². The highest BCUT2D eigenvalue weighted by Gasteiger charge is 2.09. The summed E-state index contributed by atoms with van der Waals surface area (Å²) in [5, 5.41) is 6.90. The second-order valence-electron chi connectivity index (χ2n) is 4.52. The van der Waals surface area contributed by atoms with Gasteiger partial charge in [0.2, 0.25) is 0 Å². The van der Waals surface area contributed by atoms with Gasteiger partial charge < -0.3 is 5.32 Å². The molecule has 0 aliphatic carbocycles. The Morgan fingerprint density at radius 2 is 1.78 bits per heavy atom. The summed E-state index contributed by atoms with van der Waals surface area (Å²) in [6, 6.07) is 13.8. The molecule has 0 aliphatic heterocycles. The van der Waals surface area contributed by atoms with Crippen molar-refractivity contribution in [2.45, 2.75) is 0 Å².